The van der Waals surface area contributed by atoms with Crippen molar-refractivity contribution in [2.75, 3.05) is 13.7 Å². The normalized spacial score (nSPS) is 11.1. The fraction of sp³-hybridized carbons (Fsp3) is 0.375. The molecule has 31 heavy (non-hydrogen) atoms. The number of halogens is 1. The Morgan fingerprint density at radius 2 is 1.84 bits per heavy atom. The molecule has 0 spiro atoms. The van der Waals surface area contributed by atoms with Crippen LogP contribution in [0.4, 0.5) is 5.69 Å². The molecule has 0 saturated carbocycles. The molecule has 0 atom stereocenters. The van der Waals surface area contributed by atoms with Crippen LogP contribution in [0, 0.1) is 21.4 Å². The van der Waals surface area contributed by atoms with Crippen LogP contribution in [-0.4, -0.2) is 18.6 Å². The van der Waals surface area contributed by atoms with Gasteiger partial charge >= 0.3 is 0 Å². The Bertz CT molecular complexity index is 949. The Balaban J connectivity index is 2.13. The lowest BCUT2D eigenvalue weighted by atomic mass is 10.0. The first-order chi connectivity index (χ1) is 15.0. The van der Waals surface area contributed by atoms with Crippen molar-refractivity contribution in [3.05, 3.63) is 62.7 Å². The number of benzene rings is 2. The van der Waals surface area contributed by atoms with E-state index in [0.717, 1.165) is 12.8 Å². The predicted molar refractivity (Wildman–Crippen MR) is 123 cm³/mol. The van der Waals surface area contributed by atoms with E-state index in [9.17, 15) is 15.4 Å². The standard InChI is InChI=1S/C24H27ClN2O4/c1-3-4-5-6-7-8-13-31-24-22(25)15-18(16-23(24)30-2)14-20(17-26)19-9-11-21(12-10-19)27(28)29/h9-12,14-16H,3-8,13H2,1-2H3. The highest BCUT2D eigenvalue weighted by Crippen LogP contribution is 2.37. The summed E-state index contributed by atoms with van der Waals surface area (Å²) < 4.78 is 11.3. The zero-order chi connectivity index (χ0) is 22.6. The van der Waals surface area contributed by atoms with E-state index in [2.05, 4.69) is 13.0 Å². The molecule has 7 heteroatoms. The maximum Gasteiger partial charge on any atom is 0.269 e. The fourth-order valence-corrected chi connectivity index (χ4v) is 3.40. The molecule has 2 rings (SSSR count). The maximum atomic E-state index is 10.8. The number of allylic oxidation sites excluding steroid dienone is 1. The van der Waals surface area contributed by atoms with Crippen molar-refractivity contribution >= 4 is 28.9 Å². The number of nitrogens with zero attached hydrogens (tertiary/aromatic N) is 2. The minimum absolute atomic E-state index is 0.0300. The number of hydrogen-bond acceptors (Lipinski definition) is 5. The van der Waals surface area contributed by atoms with Crippen LogP contribution >= 0.6 is 11.6 Å². The average Bonchev–Trinajstić information content (AvgIpc) is 2.77. The van der Waals surface area contributed by atoms with Crippen molar-refractivity contribution in [1.29, 1.82) is 5.26 Å². The highest BCUT2D eigenvalue weighted by atomic mass is 35.5. The number of non-ortho nitro benzene ring substituents is 1. The maximum absolute atomic E-state index is 10.8. The number of unbranched alkanes of at least 4 members (excludes halogenated alkanes) is 5. The summed E-state index contributed by atoms with van der Waals surface area (Å²) in [7, 11) is 1.54. The molecule has 6 nitrogen and oxygen atoms in total. The molecule has 2 aromatic carbocycles. The van der Waals surface area contributed by atoms with Crippen molar-refractivity contribution in [1.82, 2.24) is 0 Å². The number of nitro benzene ring substituents is 1. The van der Waals surface area contributed by atoms with E-state index in [0.29, 0.717) is 39.8 Å². The van der Waals surface area contributed by atoms with Crippen molar-refractivity contribution in [3.63, 3.8) is 0 Å². The zero-order valence-corrected chi connectivity index (χ0v) is 18.7. The van der Waals surface area contributed by atoms with E-state index in [1.54, 1.807) is 30.3 Å². The van der Waals surface area contributed by atoms with Gasteiger partial charge in [0, 0.05) is 12.1 Å². The molecule has 0 fully saturated rings. The Morgan fingerprint density at radius 3 is 2.45 bits per heavy atom. The summed E-state index contributed by atoms with van der Waals surface area (Å²) in [4.78, 5) is 10.3. The molecule has 0 N–H and O–H groups in total. The molecule has 2 aromatic rings. The smallest absolute Gasteiger partial charge is 0.269 e. The molecule has 0 aliphatic rings. The first-order valence-electron chi connectivity index (χ1n) is 10.4. The monoisotopic (exact) mass is 442 g/mol. The number of rotatable bonds is 12. The highest BCUT2D eigenvalue weighted by molar-refractivity contribution is 6.32. The van der Waals surface area contributed by atoms with Crippen LogP contribution in [0.25, 0.3) is 11.6 Å². The first kappa shape index (κ1) is 24.2. The topological polar surface area (TPSA) is 85.4 Å². The number of hydrogen-bond donors (Lipinski definition) is 0. The van der Waals surface area contributed by atoms with Gasteiger partial charge in [-0.1, -0.05) is 50.6 Å². The Kier molecular flexibility index (Phi) is 9.86. The van der Waals surface area contributed by atoms with Crippen molar-refractivity contribution in [2.45, 2.75) is 45.4 Å². The third-order valence-corrected chi connectivity index (χ3v) is 5.10. The Morgan fingerprint density at radius 1 is 1.16 bits per heavy atom. The van der Waals surface area contributed by atoms with Crippen molar-refractivity contribution < 1.29 is 14.4 Å². The van der Waals surface area contributed by atoms with E-state index in [-0.39, 0.29) is 5.69 Å². The number of nitriles is 1. The first-order valence-corrected chi connectivity index (χ1v) is 10.7. The SMILES string of the molecule is CCCCCCCCOc1c(Cl)cc(C=C(C#N)c2ccc([N+](=O)[O-])cc2)cc1OC. The van der Waals surface area contributed by atoms with Gasteiger partial charge in [-0.05, 0) is 47.9 Å². The lowest BCUT2D eigenvalue weighted by Gasteiger charge is -2.13. The molecule has 0 aromatic heterocycles. The number of nitro groups is 1. The molecule has 0 heterocycles. The molecule has 0 bridgehead atoms. The highest BCUT2D eigenvalue weighted by Gasteiger charge is 2.13. The van der Waals surface area contributed by atoms with Crippen LogP contribution in [0.1, 0.15) is 56.6 Å². The van der Waals surface area contributed by atoms with Gasteiger partial charge in [0.2, 0.25) is 0 Å². The lowest BCUT2D eigenvalue weighted by Crippen LogP contribution is -2.00. The van der Waals surface area contributed by atoms with Gasteiger partial charge in [-0.25, -0.2) is 0 Å². The predicted octanol–water partition coefficient (Wildman–Crippen LogP) is 7.06. The molecule has 164 valence electrons. The molecule has 0 aliphatic heterocycles. The summed E-state index contributed by atoms with van der Waals surface area (Å²) in [5.74, 6) is 0.981. The quantitative estimate of drug-likeness (QED) is 0.115. The summed E-state index contributed by atoms with van der Waals surface area (Å²) in [6.07, 6.45) is 8.66. The second-order valence-corrected chi connectivity index (χ2v) is 7.53. The van der Waals surface area contributed by atoms with Gasteiger partial charge in [0.15, 0.2) is 11.5 Å². The second-order valence-electron chi connectivity index (χ2n) is 7.12. The average molecular weight is 443 g/mol. The fourth-order valence-electron chi connectivity index (χ4n) is 3.13. The van der Waals surface area contributed by atoms with Gasteiger partial charge < -0.3 is 9.47 Å². The zero-order valence-electron chi connectivity index (χ0n) is 17.9. The molecule has 0 radical (unpaired) electrons. The van der Waals surface area contributed by atoms with Crippen LogP contribution in [-0.2, 0) is 0 Å². The van der Waals surface area contributed by atoms with Crippen LogP contribution in [0.3, 0.4) is 0 Å². The van der Waals surface area contributed by atoms with Crippen molar-refractivity contribution in [2.24, 2.45) is 0 Å². The minimum Gasteiger partial charge on any atom is -0.493 e. The third-order valence-electron chi connectivity index (χ3n) is 4.82. The van der Waals surface area contributed by atoms with Crippen LogP contribution in [0.5, 0.6) is 11.5 Å². The molecule has 0 aliphatic carbocycles. The lowest BCUT2D eigenvalue weighted by molar-refractivity contribution is -0.384. The summed E-state index contributed by atoms with van der Waals surface area (Å²) in [5, 5.41) is 20.8. The van der Waals surface area contributed by atoms with Gasteiger partial charge in [-0.15, -0.1) is 0 Å². The van der Waals surface area contributed by atoms with Gasteiger partial charge in [-0.2, -0.15) is 5.26 Å². The summed E-state index contributed by atoms with van der Waals surface area (Å²) in [6, 6.07) is 11.4. The Hall–Kier alpha value is -3.04. The second kappa shape index (κ2) is 12.6. The largest absolute Gasteiger partial charge is 0.493 e. The summed E-state index contributed by atoms with van der Waals surface area (Å²) in [6.45, 7) is 2.76. The van der Waals surface area contributed by atoms with Gasteiger partial charge in [-0.3, -0.25) is 10.1 Å². The molecular weight excluding hydrogens is 416 g/mol. The van der Waals surface area contributed by atoms with Crippen LogP contribution < -0.4 is 9.47 Å². The minimum atomic E-state index is -0.478. The summed E-state index contributed by atoms with van der Waals surface area (Å²) in [5.41, 5.74) is 1.57. The van der Waals surface area contributed by atoms with E-state index in [1.807, 2.05) is 0 Å². The van der Waals surface area contributed by atoms with Gasteiger partial charge in [0.1, 0.15) is 0 Å². The van der Waals surface area contributed by atoms with Crippen LogP contribution in [0.15, 0.2) is 36.4 Å². The van der Waals surface area contributed by atoms with E-state index < -0.39 is 4.92 Å². The van der Waals surface area contributed by atoms with Crippen molar-refractivity contribution in [3.8, 4) is 17.6 Å². The molecular formula is C24H27ClN2O4. The van der Waals surface area contributed by atoms with Crippen LogP contribution in [0.2, 0.25) is 5.02 Å². The molecule has 0 unspecified atom stereocenters. The molecule has 0 amide bonds. The van der Waals surface area contributed by atoms with E-state index in [1.165, 1.54) is 44.9 Å². The number of methoxy groups -OCH3 is 1. The van der Waals surface area contributed by atoms with Gasteiger partial charge in [0.25, 0.3) is 5.69 Å². The van der Waals surface area contributed by atoms with E-state index in [4.69, 9.17) is 21.1 Å². The van der Waals surface area contributed by atoms with Gasteiger partial charge in [0.05, 0.1) is 35.3 Å². The van der Waals surface area contributed by atoms with E-state index >= 15 is 0 Å². The number of ether oxygens (including phenoxy) is 2. The summed E-state index contributed by atoms with van der Waals surface area (Å²) >= 11 is 6.43. The Labute approximate surface area is 188 Å². The third kappa shape index (κ3) is 7.30. The molecule has 0 saturated heterocycles.